The molecule has 94 valence electrons. The van der Waals surface area contributed by atoms with Crippen molar-refractivity contribution in [1.29, 1.82) is 0 Å². The Kier molecular flexibility index (Phi) is 6.42. The largest absolute Gasteiger partial charge is 0.355 e. The van der Waals surface area contributed by atoms with E-state index in [1.165, 1.54) is 25.8 Å². The predicted molar refractivity (Wildman–Crippen MR) is 66.4 cm³/mol. The molecule has 4 nitrogen and oxygen atoms in total. The van der Waals surface area contributed by atoms with Gasteiger partial charge in [-0.15, -0.1) is 0 Å². The summed E-state index contributed by atoms with van der Waals surface area (Å²) in [6.45, 7) is 8.93. The first-order chi connectivity index (χ1) is 7.72. The quantitative estimate of drug-likeness (QED) is 0.698. The number of likely N-dealkylation sites (tertiary alicyclic amines) is 1. The Labute approximate surface area is 98.8 Å². The van der Waals surface area contributed by atoms with Crippen LogP contribution >= 0.6 is 0 Å². The topological polar surface area (TPSA) is 44.4 Å². The molecule has 0 radical (unpaired) electrons. The molecule has 0 aliphatic carbocycles. The highest BCUT2D eigenvalue weighted by Gasteiger charge is 2.18. The maximum atomic E-state index is 10.7. The number of carbonyl (C=O) groups excluding carboxylic acids is 1. The first-order valence-electron chi connectivity index (χ1n) is 6.42. The van der Waals surface area contributed by atoms with Crippen molar-refractivity contribution < 1.29 is 4.79 Å². The van der Waals surface area contributed by atoms with Crippen molar-refractivity contribution in [2.24, 2.45) is 0 Å². The molecule has 1 aliphatic heterocycles. The normalized spacial score (nSPS) is 22.0. The molecule has 0 aromatic heterocycles. The molecule has 2 N–H and O–H groups in total. The van der Waals surface area contributed by atoms with E-state index < -0.39 is 0 Å². The Balaban J connectivity index is 2.14. The molecule has 0 saturated carbocycles. The highest BCUT2D eigenvalue weighted by Crippen LogP contribution is 2.09. The zero-order valence-corrected chi connectivity index (χ0v) is 10.6. The number of hydrogen-bond acceptors (Lipinski definition) is 3. The SMILES string of the molecule is CCCNC1CCCN(CCNC(C)=O)C1. The minimum absolute atomic E-state index is 0.0673. The van der Waals surface area contributed by atoms with Crippen LogP contribution in [-0.4, -0.2) is 49.6 Å². The first-order valence-corrected chi connectivity index (χ1v) is 6.42. The van der Waals surface area contributed by atoms with Gasteiger partial charge in [-0.3, -0.25) is 4.79 Å². The Morgan fingerprint density at radius 3 is 2.94 bits per heavy atom. The zero-order chi connectivity index (χ0) is 11.8. The maximum Gasteiger partial charge on any atom is 0.216 e. The molecule has 1 fully saturated rings. The average Bonchev–Trinajstić information content (AvgIpc) is 2.26. The van der Waals surface area contributed by atoms with Crippen LogP contribution in [0.15, 0.2) is 0 Å². The molecular formula is C12H25N3O. The smallest absolute Gasteiger partial charge is 0.216 e. The summed E-state index contributed by atoms with van der Waals surface area (Å²) in [7, 11) is 0. The summed E-state index contributed by atoms with van der Waals surface area (Å²) in [4.78, 5) is 13.2. The Morgan fingerprint density at radius 2 is 2.25 bits per heavy atom. The second-order valence-electron chi connectivity index (χ2n) is 4.58. The summed E-state index contributed by atoms with van der Waals surface area (Å²) >= 11 is 0. The van der Waals surface area contributed by atoms with Gasteiger partial charge in [-0.25, -0.2) is 0 Å². The second-order valence-corrected chi connectivity index (χ2v) is 4.58. The van der Waals surface area contributed by atoms with Crippen molar-refractivity contribution in [2.75, 3.05) is 32.7 Å². The summed E-state index contributed by atoms with van der Waals surface area (Å²) in [5.74, 6) is 0.0673. The number of nitrogens with zero attached hydrogens (tertiary/aromatic N) is 1. The van der Waals surface area contributed by atoms with Crippen LogP contribution < -0.4 is 10.6 Å². The molecular weight excluding hydrogens is 202 g/mol. The van der Waals surface area contributed by atoms with Gasteiger partial charge < -0.3 is 15.5 Å². The van der Waals surface area contributed by atoms with E-state index in [-0.39, 0.29) is 5.91 Å². The van der Waals surface area contributed by atoms with Gasteiger partial charge in [0.1, 0.15) is 0 Å². The summed E-state index contributed by atoms with van der Waals surface area (Å²) in [5.41, 5.74) is 0. The highest BCUT2D eigenvalue weighted by molar-refractivity contribution is 5.72. The van der Waals surface area contributed by atoms with Crippen LogP contribution in [-0.2, 0) is 4.79 Å². The summed E-state index contributed by atoms with van der Waals surface area (Å²) in [6.07, 6.45) is 3.75. The monoisotopic (exact) mass is 227 g/mol. The van der Waals surface area contributed by atoms with Crippen molar-refractivity contribution >= 4 is 5.91 Å². The Morgan fingerprint density at radius 1 is 1.44 bits per heavy atom. The van der Waals surface area contributed by atoms with Crippen LogP contribution in [0.4, 0.5) is 0 Å². The molecule has 0 bridgehead atoms. The number of hydrogen-bond donors (Lipinski definition) is 2. The summed E-state index contributed by atoms with van der Waals surface area (Å²) in [6, 6.07) is 0.644. The third kappa shape index (κ3) is 5.47. The fourth-order valence-electron chi connectivity index (χ4n) is 2.16. The van der Waals surface area contributed by atoms with E-state index in [0.717, 1.165) is 26.2 Å². The first kappa shape index (κ1) is 13.5. The molecule has 1 atom stereocenters. The number of amides is 1. The predicted octanol–water partition coefficient (Wildman–Crippen LogP) is 0.587. The van der Waals surface area contributed by atoms with E-state index in [2.05, 4.69) is 22.5 Å². The number of rotatable bonds is 6. The van der Waals surface area contributed by atoms with Gasteiger partial charge in [0.05, 0.1) is 0 Å². The highest BCUT2D eigenvalue weighted by atomic mass is 16.1. The summed E-state index contributed by atoms with van der Waals surface area (Å²) < 4.78 is 0. The van der Waals surface area contributed by atoms with Crippen LogP contribution in [0, 0.1) is 0 Å². The van der Waals surface area contributed by atoms with Crippen LogP contribution in [0.1, 0.15) is 33.1 Å². The van der Waals surface area contributed by atoms with E-state index >= 15 is 0 Å². The van der Waals surface area contributed by atoms with Crippen molar-refractivity contribution in [3.05, 3.63) is 0 Å². The van der Waals surface area contributed by atoms with Crippen molar-refractivity contribution in [1.82, 2.24) is 15.5 Å². The van der Waals surface area contributed by atoms with Crippen LogP contribution in [0.2, 0.25) is 0 Å². The van der Waals surface area contributed by atoms with E-state index in [4.69, 9.17) is 0 Å². The van der Waals surface area contributed by atoms with E-state index in [1.807, 2.05) is 0 Å². The third-order valence-electron chi connectivity index (χ3n) is 2.99. The minimum Gasteiger partial charge on any atom is -0.355 e. The fraction of sp³-hybridized carbons (Fsp3) is 0.917. The summed E-state index contributed by atoms with van der Waals surface area (Å²) in [5, 5.41) is 6.42. The van der Waals surface area contributed by atoms with Gasteiger partial charge in [-0.2, -0.15) is 0 Å². The lowest BCUT2D eigenvalue weighted by Crippen LogP contribution is -2.47. The van der Waals surface area contributed by atoms with Gasteiger partial charge in [0.2, 0.25) is 5.91 Å². The van der Waals surface area contributed by atoms with Crippen LogP contribution in [0.3, 0.4) is 0 Å². The molecule has 16 heavy (non-hydrogen) atoms. The van der Waals surface area contributed by atoms with Crippen molar-refractivity contribution in [3.63, 3.8) is 0 Å². The molecule has 0 aromatic carbocycles. The molecule has 1 rings (SSSR count). The zero-order valence-electron chi connectivity index (χ0n) is 10.6. The van der Waals surface area contributed by atoms with Crippen molar-refractivity contribution in [3.8, 4) is 0 Å². The van der Waals surface area contributed by atoms with Crippen LogP contribution in [0.25, 0.3) is 0 Å². The molecule has 1 unspecified atom stereocenters. The van der Waals surface area contributed by atoms with Gasteiger partial charge in [0, 0.05) is 32.6 Å². The number of piperidine rings is 1. The Bertz CT molecular complexity index is 208. The Hall–Kier alpha value is -0.610. The minimum atomic E-state index is 0.0673. The lowest BCUT2D eigenvalue weighted by Gasteiger charge is -2.33. The van der Waals surface area contributed by atoms with Gasteiger partial charge in [0.15, 0.2) is 0 Å². The molecule has 1 amide bonds. The molecule has 1 heterocycles. The maximum absolute atomic E-state index is 10.7. The lowest BCUT2D eigenvalue weighted by molar-refractivity contribution is -0.119. The molecule has 0 aromatic rings. The molecule has 1 saturated heterocycles. The van der Waals surface area contributed by atoms with Gasteiger partial charge in [-0.05, 0) is 32.4 Å². The fourth-order valence-corrected chi connectivity index (χ4v) is 2.16. The molecule has 0 spiro atoms. The van der Waals surface area contributed by atoms with Gasteiger partial charge in [-0.1, -0.05) is 6.92 Å². The van der Waals surface area contributed by atoms with Crippen LogP contribution in [0.5, 0.6) is 0 Å². The van der Waals surface area contributed by atoms with Gasteiger partial charge in [0.25, 0.3) is 0 Å². The third-order valence-corrected chi connectivity index (χ3v) is 2.99. The van der Waals surface area contributed by atoms with E-state index in [1.54, 1.807) is 6.92 Å². The number of nitrogens with one attached hydrogen (secondary N) is 2. The van der Waals surface area contributed by atoms with Gasteiger partial charge >= 0.3 is 0 Å². The van der Waals surface area contributed by atoms with E-state index in [9.17, 15) is 4.79 Å². The second kappa shape index (κ2) is 7.63. The van der Waals surface area contributed by atoms with E-state index in [0.29, 0.717) is 6.04 Å². The average molecular weight is 227 g/mol. The lowest BCUT2D eigenvalue weighted by atomic mass is 10.1. The van der Waals surface area contributed by atoms with Crippen molar-refractivity contribution in [2.45, 2.75) is 39.2 Å². The number of carbonyl (C=O) groups is 1. The molecule has 1 aliphatic rings. The standard InChI is InChI=1S/C12H25N3O/c1-3-6-14-12-5-4-8-15(10-12)9-7-13-11(2)16/h12,14H,3-10H2,1-2H3,(H,13,16). The molecule has 4 heteroatoms.